The van der Waals surface area contributed by atoms with Crippen LogP contribution in [0.15, 0.2) is 29.2 Å². The number of ether oxygens (including phenoxy) is 1. The summed E-state index contributed by atoms with van der Waals surface area (Å²) in [5.74, 6) is -0.591. The standard InChI is InChI=1S/C13H19NO5S/c1-9(2)8-12(13(15)16)14-20(17,18)11-6-4-10(19-3)5-7-11/h4-7,9,12,14H,8H2,1-3H3,(H,15,16)/t12-/m1/s1. The molecule has 0 radical (unpaired) electrons. The molecule has 0 aromatic heterocycles. The van der Waals surface area contributed by atoms with Crippen molar-refractivity contribution in [3.05, 3.63) is 24.3 Å². The first-order valence-corrected chi connectivity index (χ1v) is 7.63. The first-order valence-electron chi connectivity index (χ1n) is 6.15. The van der Waals surface area contributed by atoms with Crippen molar-refractivity contribution in [3.63, 3.8) is 0 Å². The zero-order valence-corrected chi connectivity index (χ0v) is 12.5. The van der Waals surface area contributed by atoms with Gasteiger partial charge in [-0.2, -0.15) is 4.72 Å². The molecule has 0 bridgehead atoms. The third-order valence-corrected chi connectivity index (χ3v) is 4.16. The SMILES string of the molecule is COc1ccc(S(=O)(=O)N[C@H](CC(C)C)C(=O)O)cc1. The molecule has 0 spiro atoms. The van der Waals surface area contributed by atoms with Gasteiger partial charge in [0.05, 0.1) is 12.0 Å². The molecule has 0 unspecified atom stereocenters. The molecule has 112 valence electrons. The van der Waals surface area contributed by atoms with E-state index >= 15 is 0 Å². The number of nitrogens with one attached hydrogen (secondary N) is 1. The van der Waals surface area contributed by atoms with Crippen molar-refractivity contribution in [3.8, 4) is 5.75 Å². The van der Waals surface area contributed by atoms with E-state index in [-0.39, 0.29) is 17.2 Å². The number of rotatable bonds is 7. The predicted octanol–water partition coefficient (Wildman–Crippen LogP) is 1.47. The second-order valence-corrected chi connectivity index (χ2v) is 6.53. The molecule has 0 aliphatic carbocycles. The summed E-state index contributed by atoms with van der Waals surface area (Å²) < 4.78 is 31.4. The molecule has 0 saturated carbocycles. The Morgan fingerprint density at radius 2 is 1.85 bits per heavy atom. The smallest absolute Gasteiger partial charge is 0.321 e. The fourth-order valence-corrected chi connectivity index (χ4v) is 2.88. The van der Waals surface area contributed by atoms with Crippen LogP contribution in [0.2, 0.25) is 0 Å². The Kier molecular flexibility index (Phi) is 5.52. The van der Waals surface area contributed by atoms with Gasteiger partial charge in [-0.3, -0.25) is 4.79 Å². The average Bonchev–Trinajstić information content (AvgIpc) is 2.37. The van der Waals surface area contributed by atoms with Crippen molar-refractivity contribution in [1.29, 1.82) is 0 Å². The molecule has 6 nitrogen and oxygen atoms in total. The summed E-state index contributed by atoms with van der Waals surface area (Å²) in [4.78, 5) is 11.1. The highest BCUT2D eigenvalue weighted by molar-refractivity contribution is 7.89. The van der Waals surface area contributed by atoms with E-state index < -0.39 is 22.0 Å². The number of methoxy groups -OCH3 is 1. The van der Waals surface area contributed by atoms with Crippen LogP contribution in [0.4, 0.5) is 0 Å². The summed E-state index contributed by atoms with van der Waals surface area (Å²) in [5.41, 5.74) is 0. The molecule has 7 heteroatoms. The largest absolute Gasteiger partial charge is 0.497 e. The Hall–Kier alpha value is -1.60. The van der Waals surface area contributed by atoms with Gasteiger partial charge >= 0.3 is 5.97 Å². The molecule has 0 heterocycles. The maximum Gasteiger partial charge on any atom is 0.321 e. The number of sulfonamides is 1. The number of aliphatic carboxylic acids is 1. The third-order valence-electron chi connectivity index (χ3n) is 2.67. The lowest BCUT2D eigenvalue weighted by molar-refractivity contribution is -0.139. The summed E-state index contributed by atoms with van der Waals surface area (Å²) in [7, 11) is -2.38. The van der Waals surface area contributed by atoms with Crippen molar-refractivity contribution in [1.82, 2.24) is 4.72 Å². The number of benzene rings is 1. The molecule has 0 fully saturated rings. The molecule has 1 aromatic rings. The van der Waals surface area contributed by atoms with Gasteiger partial charge in [0.15, 0.2) is 0 Å². The highest BCUT2D eigenvalue weighted by Gasteiger charge is 2.26. The maximum absolute atomic E-state index is 12.1. The van der Waals surface area contributed by atoms with Crippen molar-refractivity contribution < 1.29 is 23.1 Å². The highest BCUT2D eigenvalue weighted by Crippen LogP contribution is 2.16. The van der Waals surface area contributed by atoms with Crippen molar-refractivity contribution >= 4 is 16.0 Å². The van der Waals surface area contributed by atoms with Crippen molar-refractivity contribution in [2.24, 2.45) is 5.92 Å². The zero-order valence-electron chi connectivity index (χ0n) is 11.7. The number of hydrogen-bond donors (Lipinski definition) is 2. The van der Waals surface area contributed by atoms with Crippen LogP contribution in [0.5, 0.6) is 5.75 Å². The molecule has 0 saturated heterocycles. The van der Waals surface area contributed by atoms with Gasteiger partial charge in [-0.25, -0.2) is 8.42 Å². The summed E-state index contributed by atoms with van der Waals surface area (Å²) in [6.07, 6.45) is 0.227. The first-order chi connectivity index (χ1) is 9.26. The molecule has 1 aromatic carbocycles. The van der Waals surface area contributed by atoms with E-state index in [4.69, 9.17) is 9.84 Å². The van der Waals surface area contributed by atoms with Crippen LogP contribution in [0, 0.1) is 5.92 Å². The molecule has 2 N–H and O–H groups in total. The van der Waals surface area contributed by atoms with E-state index in [2.05, 4.69) is 4.72 Å². The highest BCUT2D eigenvalue weighted by atomic mass is 32.2. The molecule has 0 aliphatic heterocycles. The Labute approximate surface area is 118 Å². The van der Waals surface area contributed by atoms with Gasteiger partial charge in [0, 0.05) is 0 Å². The molecular weight excluding hydrogens is 282 g/mol. The normalized spacial score (nSPS) is 13.2. The summed E-state index contributed by atoms with van der Waals surface area (Å²) in [6.45, 7) is 3.66. The van der Waals surface area contributed by atoms with E-state index in [1.165, 1.54) is 31.4 Å². The van der Waals surface area contributed by atoms with Crippen LogP contribution in [-0.2, 0) is 14.8 Å². The molecule has 0 amide bonds. The minimum absolute atomic E-state index is 0.00769. The van der Waals surface area contributed by atoms with E-state index in [0.29, 0.717) is 5.75 Å². The lowest BCUT2D eigenvalue weighted by Crippen LogP contribution is -2.41. The van der Waals surface area contributed by atoms with E-state index in [1.807, 2.05) is 13.8 Å². The summed E-state index contributed by atoms with van der Waals surface area (Å²) >= 11 is 0. The van der Waals surface area contributed by atoms with Gasteiger partial charge in [-0.05, 0) is 36.6 Å². The topological polar surface area (TPSA) is 92.7 Å². The first kappa shape index (κ1) is 16.5. The van der Waals surface area contributed by atoms with Crippen LogP contribution in [-0.4, -0.2) is 32.6 Å². The number of hydrogen-bond acceptors (Lipinski definition) is 4. The average molecular weight is 301 g/mol. The van der Waals surface area contributed by atoms with Gasteiger partial charge in [0.2, 0.25) is 10.0 Å². The Morgan fingerprint density at radius 1 is 1.30 bits per heavy atom. The third kappa shape index (κ3) is 4.50. The van der Waals surface area contributed by atoms with E-state index in [1.54, 1.807) is 0 Å². The predicted molar refractivity (Wildman–Crippen MR) is 74.2 cm³/mol. The summed E-state index contributed by atoms with van der Waals surface area (Å²) in [6, 6.07) is 4.62. The molecular formula is C13H19NO5S. The van der Waals surface area contributed by atoms with Crippen LogP contribution in [0.3, 0.4) is 0 Å². The van der Waals surface area contributed by atoms with Crippen molar-refractivity contribution in [2.75, 3.05) is 7.11 Å². The number of carbonyl (C=O) groups is 1. The minimum Gasteiger partial charge on any atom is -0.497 e. The maximum atomic E-state index is 12.1. The monoisotopic (exact) mass is 301 g/mol. The fourth-order valence-electron chi connectivity index (χ4n) is 1.68. The van der Waals surface area contributed by atoms with Gasteiger partial charge in [-0.1, -0.05) is 13.8 Å². The van der Waals surface area contributed by atoms with Gasteiger partial charge in [0.25, 0.3) is 0 Å². The minimum atomic E-state index is -3.86. The quantitative estimate of drug-likeness (QED) is 0.795. The number of carboxylic acids is 1. The Balaban J connectivity index is 2.93. The number of carboxylic acid groups (broad SMARTS) is 1. The van der Waals surface area contributed by atoms with Crippen LogP contribution >= 0.6 is 0 Å². The second-order valence-electron chi connectivity index (χ2n) is 4.82. The molecule has 0 aliphatic rings. The molecule has 20 heavy (non-hydrogen) atoms. The Bertz CT molecular complexity index is 551. The summed E-state index contributed by atoms with van der Waals surface area (Å²) in [5, 5.41) is 9.07. The Morgan fingerprint density at radius 3 is 2.25 bits per heavy atom. The van der Waals surface area contributed by atoms with Crippen LogP contribution in [0.25, 0.3) is 0 Å². The van der Waals surface area contributed by atoms with Crippen molar-refractivity contribution in [2.45, 2.75) is 31.2 Å². The van der Waals surface area contributed by atoms with Crippen LogP contribution < -0.4 is 9.46 Å². The van der Waals surface area contributed by atoms with Gasteiger partial charge in [0.1, 0.15) is 11.8 Å². The van der Waals surface area contributed by atoms with E-state index in [9.17, 15) is 13.2 Å². The molecule has 1 rings (SSSR count). The van der Waals surface area contributed by atoms with Gasteiger partial charge < -0.3 is 9.84 Å². The van der Waals surface area contributed by atoms with E-state index in [0.717, 1.165) is 0 Å². The second kappa shape index (κ2) is 6.71. The van der Waals surface area contributed by atoms with Crippen LogP contribution in [0.1, 0.15) is 20.3 Å². The molecule has 1 atom stereocenters. The fraction of sp³-hybridized carbons (Fsp3) is 0.462. The zero-order chi connectivity index (χ0) is 15.3. The lowest BCUT2D eigenvalue weighted by atomic mass is 10.1. The lowest BCUT2D eigenvalue weighted by Gasteiger charge is -2.16. The van der Waals surface area contributed by atoms with Gasteiger partial charge in [-0.15, -0.1) is 0 Å².